The maximum atomic E-state index is 13.5. The molecule has 6 nitrogen and oxygen atoms in total. The largest absolute Gasteiger partial charge is 0.494 e. The van der Waals surface area contributed by atoms with Gasteiger partial charge in [0.2, 0.25) is 26.6 Å². The molecule has 0 N–H and O–H groups in total. The van der Waals surface area contributed by atoms with E-state index in [4.69, 9.17) is 9.15 Å². The number of piperidine rings is 1. The van der Waals surface area contributed by atoms with Crippen molar-refractivity contribution in [2.75, 3.05) is 24.6 Å². The molecule has 170 valence electrons. The number of aromatic nitrogens is 1. The molecule has 0 aliphatic carbocycles. The summed E-state index contributed by atoms with van der Waals surface area (Å²) in [7, 11) is -4.01. The smallest absolute Gasteiger partial charge is 0.236 e. The fourth-order valence-electron chi connectivity index (χ4n) is 4.21. The van der Waals surface area contributed by atoms with Gasteiger partial charge in [0.05, 0.1) is 11.5 Å². The second-order valence-electron chi connectivity index (χ2n) is 8.40. The van der Waals surface area contributed by atoms with E-state index in [-0.39, 0.29) is 21.7 Å². The number of nitrogens with zero attached hydrogens (tertiary/aromatic N) is 2. The summed E-state index contributed by atoms with van der Waals surface area (Å²) in [5.74, 6) is 1.43. The summed E-state index contributed by atoms with van der Waals surface area (Å²) < 4.78 is 51.9. The number of benzene rings is 2. The number of hydrogen-bond acceptors (Lipinski definition) is 6. The number of sulfone groups is 1. The van der Waals surface area contributed by atoms with Gasteiger partial charge in [-0.1, -0.05) is 13.8 Å². The van der Waals surface area contributed by atoms with Crippen LogP contribution in [0.2, 0.25) is 0 Å². The fraction of sp³-hybridized carbons (Fsp3) is 0.375. The van der Waals surface area contributed by atoms with Crippen molar-refractivity contribution in [3.05, 3.63) is 54.3 Å². The maximum Gasteiger partial charge on any atom is 0.236 e. The molecule has 1 aliphatic heterocycles. The zero-order valence-electron chi connectivity index (χ0n) is 18.4. The summed E-state index contributed by atoms with van der Waals surface area (Å²) in [6.07, 6.45) is 1.07. The van der Waals surface area contributed by atoms with E-state index in [1.54, 1.807) is 24.3 Å². The molecule has 32 heavy (non-hydrogen) atoms. The van der Waals surface area contributed by atoms with Gasteiger partial charge in [-0.2, -0.15) is 4.98 Å². The Morgan fingerprint density at radius 3 is 2.28 bits per heavy atom. The molecule has 1 saturated heterocycles. The standard InChI is InChI=1S/C24H27FN2O4S/c1-4-30-20-9-5-18(6-10-20)22-26-23(32(28,29)21-11-7-19(25)8-12-21)24(31-22)27-14-16(2)13-17(3)15-27/h5-12,16-17H,4,13-15H2,1-3H3. The molecule has 2 aromatic carbocycles. The van der Waals surface area contributed by atoms with E-state index in [2.05, 4.69) is 18.8 Å². The zero-order valence-corrected chi connectivity index (χ0v) is 19.2. The van der Waals surface area contributed by atoms with E-state index in [9.17, 15) is 12.8 Å². The first-order chi connectivity index (χ1) is 15.3. The van der Waals surface area contributed by atoms with Crippen molar-refractivity contribution in [2.24, 2.45) is 11.8 Å². The molecule has 0 spiro atoms. The molecule has 2 unspecified atom stereocenters. The van der Waals surface area contributed by atoms with Crippen LogP contribution in [0.1, 0.15) is 27.2 Å². The minimum atomic E-state index is -4.01. The molecule has 0 saturated carbocycles. The van der Waals surface area contributed by atoms with Crippen LogP contribution in [0, 0.1) is 17.7 Å². The molecule has 8 heteroatoms. The van der Waals surface area contributed by atoms with Crippen LogP contribution >= 0.6 is 0 Å². The number of oxazole rings is 1. The number of ether oxygens (including phenoxy) is 1. The van der Waals surface area contributed by atoms with Crippen LogP contribution in [-0.4, -0.2) is 33.1 Å². The Labute approximate surface area is 188 Å². The highest BCUT2D eigenvalue weighted by atomic mass is 32.2. The maximum absolute atomic E-state index is 13.5. The Morgan fingerprint density at radius 2 is 1.69 bits per heavy atom. The zero-order chi connectivity index (χ0) is 22.9. The van der Waals surface area contributed by atoms with Crippen molar-refractivity contribution < 1.29 is 22.0 Å². The summed E-state index contributed by atoms with van der Waals surface area (Å²) in [4.78, 5) is 6.36. The summed E-state index contributed by atoms with van der Waals surface area (Å²) in [6, 6.07) is 11.9. The van der Waals surface area contributed by atoms with E-state index in [0.29, 0.717) is 42.8 Å². The minimum Gasteiger partial charge on any atom is -0.494 e. The highest BCUT2D eigenvalue weighted by Gasteiger charge is 2.34. The van der Waals surface area contributed by atoms with E-state index in [0.717, 1.165) is 18.6 Å². The monoisotopic (exact) mass is 458 g/mol. The first-order valence-corrected chi connectivity index (χ1v) is 12.3. The molecule has 0 bridgehead atoms. The van der Waals surface area contributed by atoms with Gasteiger partial charge < -0.3 is 14.1 Å². The molecule has 1 aliphatic rings. The van der Waals surface area contributed by atoms with Crippen LogP contribution < -0.4 is 9.64 Å². The molecular formula is C24H27FN2O4S. The number of rotatable bonds is 6. The number of hydrogen-bond donors (Lipinski definition) is 0. The summed E-state index contributed by atoms with van der Waals surface area (Å²) in [5.41, 5.74) is 0.647. The third-order valence-corrected chi connectivity index (χ3v) is 7.19. The Hall–Kier alpha value is -2.87. The molecule has 0 radical (unpaired) electrons. The minimum absolute atomic E-state index is 0.0233. The summed E-state index contributed by atoms with van der Waals surface area (Å²) >= 11 is 0. The second-order valence-corrected chi connectivity index (χ2v) is 10.3. The van der Waals surface area contributed by atoms with Gasteiger partial charge in [-0.15, -0.1) is 0 Å². The second kappa shape index (κ2) is 8.94. The fourth-order valence-corrected chi connectivity index (χ4v) is 5.53. The van der Waals surface area contributed by atoms with E-state index < -0.39 is 15.7 Å². The lowest BCUT2D eigenvalue weighted by Crippen LogP contribution is -2.39. The van der Waals surface area contributed by atoms with Gasteiger partial charge in [0.15, 0.2) is 0 Å². The predicted octanol–water partition coefficient (Wildman–Crippen LogP) is 5.19. The third-order valence-electron chi connectivity index (χ3n) is 5.53. The van der Waals surface area contributed by atoms with Gasteiger partial charge in [0, 0.05) is 18.7 Å². The Balaban J connectivity index is 1.80. The highest BCUT2D eigenvalue weighted by Crippen LogP contribution is 2.37. The van der Waals surface area contributed by atoms with E-state index >= 15 is 0 Å². The molecule has 4 rings (SSSR count). The Morgan fingerprint density at radius 1 is 1.06 bits per heavy atom. The van der Waals surface area contributed by atoms with Crippen LogP contribution in [0.25, 0.3) is 11.5 Å². The van der Waals surface area contributed by atoms with Gasteiger partial charge in [0.1, 0.15) is 11.6 Å². The van der Waals surface area contributed by atoms with Crippen molar-refractivity contribution in [2.45, 2.75) is 37.1 Å². The molecule has 0 amide bonds. The number of halogens is 1. The van der Waals surface area contributed by atoms with Crippen molar-refractivity contribution in [3.63, 3.8) is 0 Å². The quantitative estimate of drug-likeness (QED) is 0.473. The molecule has 2 heterocycles. The Bertz CT molecular complexity index is 1160. The lowest BCUT2D eigenvalue weighted by atomic mass is 9.92. The first kappa shape index (κ1) is 22.3. The molecule has 1 fully saturated rings. The molecule has 1 aromatic heterocycles. The first-order valence-electron chi connectivity index (χ1n) is 10.8. The van der Waals surface area contributed by atoms with E-state index in [1.807, 2.05) is 11.8 Å². The van der Waals surface area contributed by atoms with Crippen LogP contribution in [0.5, 0.6) is 5.75 Å². The van der Waals surface area contributed by atoms with E-state index in [1.165, 1.54) is 12.1 Å². The molecule has 3 aromatic rings. The topological polar surface area (TPSA) is 72.6 Å². The summed E-state index contributed by atoms with van der Waals surface area (Å²) in [5, 5.41) is -0.144. The van der Waals surface area contributed by atoms with Crippen molar-refractivity contribution in [1.29, 1.82) is 0 Å². The van der Waals surface area contributed by atoms with Crippen molar-refractivity contribution in [1.82, 2.24) is 4.98 Å². The van der Waals surface area contributed by atoms with Crippen molar-refractivity contribution >= 4 is 15.7 Å². The van der Waals surface area contributed by atoms with Crippen LogP contribution in [-0.2, 0) is 9.84 Å². The van der Waals surface area contributed by atoms with Crippen LogP contribution in [0.3, 0.4) is 0 Å². The predicted molar refractivity (Wildman–Crippen MR) is 120 cm³/mol. The van der Waals surface area contributed by atoms with Gasteiger partial charge in [0.25, 0.3) is 0 Å². The molecular weight excluding hydrogens is 431 g/mol. The highest BCUT2D eigenvalue weighted by molar-refractivity contribution is 7.91. The lowest BCUT2D eigenvalue weighted by molar-refractivity contribution is 0.340. The molecule has 2 atom stereocenters. The Kier molecular flexibility index (Phi) is 6.24. The van der Waals surface area contributed by atoms with Crippen LogP contribution in [0.4, 0.5) is 10.3 Å². The SMILES string of the molecule is CCOc1ccc(-c2nc(S(=O)(=O)c3ccc(F)cc3)c(N3CC(C)CC(C)C3)o2)cc1. The van der Waals surface area contributed by atoms with Gasteiger partial charge >= 0.3 is 0 Å². The van der Waals surface area contributed by atoms with Gasteiger partial charge in [-0.05, 0) is 73.7 Å². The van der Waals surface area contributed by atoms with Crippen LogP contribution in [0.15, 0.2) is 62.9 Å². The van der Waals surface area contributed by atoms with Crippen molar-refractivity contribution in [3.8, 4) is 17.2 Å². The average molecular weight is 459 g/mol. The number of anilines is 1. The normalized spacial score (nSPS) is 19.2. The lowest BCUT2D eigenvalue weighted by Gasteiger charge is -2.34. The third kappa shape index (κ3) is 4.50. The average Bonchev–Trinajstić information content (AvgIpc) is 3.21. The van der Waals surface area contributed by atoms with Gasteiger partial charge in [-0.3, -0.25) is 0 Å². The summed E-state index contributed by atoms with van der Waals surface area (Å²) in [6.45, 7) is 8.08. The van der Waals surface area contributed by atoms with Gasteiger partial charge in [-0.25, -0.2) is 12.8 Å².